The average molecular weight is 388 g/mol. The highest BCUT2D eigenvalue weighted by atomic mass is 16.5. The van der Waals surface area contributed by atoms with E-state index in [0.29, 0.717) is 11.5 Å². The van der Waals surface area contributed by atoms with Gasteiger partial charge in [0.25, 0.3) is 0 Å². The molecule has 0 fully saturated rings. The number of nitrogens with zero attached hydrogens (tertiary/aromatic N) is 5. The fourth-order valence-electron chi connectivity index (χ4n) is 3.97. The van der Waals surface area contributed by atoms with Crippen LogP contribution in [0.3, 0.4) is 0 Å². The van der Waals surface area contributed by atoms with Gasteiger partial charge in [-0.15, -0.1) is 0 Å². The van der Waals surface area contributed by atoms with Crippen LogP contribution in [0.2, 0.25) is 0 Å². The van der Waals surface area contributed by atoms with Gasteiger partial charge in [0.15, 0.2) is 0 Å². The number of ether oxygens (including phenoxy) is 1. The number of imidazole rings is 1. The molecule has 0 saturated heterocycles. The third-order valence-corrected chi connectivity index (χ3v) is 5.30. The molecule has 0 saturated carbocycles. The van der Waals surface area contributed by atoms with Crippen molar-refractivity contribution in [2.24, 2.45) is 12.8 Å². The molecule has 29 heavy (non-hydrogen) atoms. The Kier molecular flexibility index (Phi) is 4.85. The monoisotopic (exact) mass is 388 g/mol. The Labute approximate surface area is 170 Å². The highest BCUT2D eigenvalue weighted by molar-refractivity contribution is 5.56. The maximum atomic E-state index is 9.81. The number of aromatic nitrogens is 4. The quantitative estimate of drug-likeness (QED) is 0.723. The van der Waals surface area contributed by atoms with Crippen molar-refractivity contribution < 1.29 is 4.74 Å². The molecule has 2 aromatic heterocycles. The van der Waals surface area contributed by atoms with Crippen molar-refractivity contribution in [3.05, 3.63) is 70.8 Å². The van der Waals surface area contributed by atoms with Crippen LogP contribution in [0.1, 0.15) is 48.8 Å². The molecule has 0 spiro atoms. The van der Waals surface area contributed by atoms with E-state index in [9.17, 15) is 5.26 Å². The Morgan fingerprint density at radius 3 is 2.66 bits per heavy atom. The molecular formula is C22H24N6O. The van der Waals surface area contributed by atoms with Crippen molar-refractivity contribution in [1.29, 1.82) is 5.26 Å². The lowest BCUT2D eigenvalue weighted by molar-refractivity contribution is 0.358. The van der Waals surface area contributed by atoms with Gasteiger partial charge in [-0.25, -0.2) is 9.67 Å². The Hall–Kier alpha value is -3.53. The van der Waals surface area contributed by atoms with Crippen LogP contribution in [0.15, 0.2) is 48.1 Å². The van der Waals surface area contributed by atoms with Crippen LogP contribution in [0, 0.1) is 11.3 Å². The summed E-state index contributed by atoms with van der Waals surface area (Å²) < 4.78 is 9.56. The smallest absolute Gasteiger partial charge is 0.224 e. The van der Waals surface area contributed by atoms with Crippen molar-refractivity contribution in [3.63, 3.8) is 0 Å². The number of rotatable bonds is 5. The Bertz CT molecular complexity index is 1110. The van der Waals surface area contributed by atoms with Gasteiger partial charge in [-0.2, -0.15) is 10.4 Å². The first-order valence-electron chi connectivity index (χ1n) is 9.84. The average Bonchev–Trinajstić information content (AvgIpc) is 3.32. The summed E-state index contributed by atoms with van der Waals surface area (Å²) >= 11 is 0. The standard InChI is InChI=1S/C22H24N6O/c1-4-6-17-20-19(16(13-23)21(24)29-22(20)27(3)26-17)14-7-9-15(10-8-14)28-12-11-25-18(28)5-2/h7-12,19H,4-6,24H2,1-3H3. The van der Waals surface area contributed by atoms with Gasteiger partial charge in [-0.3, -0.25) is 0 Å². The zero-order valence-corrected chi connectivity index (χ0v) is 16.9. The molecule has 3 heterocycles. The molecular weight excluding hydrogens is 364 g/mol. The summed E-state index contributed by atoms with van der Waals surface area (Å²) in [6, 6.07) is 10.4. The van der Waals surface area contributed by atoms with E-state index >= 15 is 0 Å². The Morgan fingerprint density at radius 1 is 1.24 bits per heavy atom. The molecule has 7 nitrogen and oxygen atoms in total. The maximum absolute atomic E-state index is 9.81. The summed E-state index contributed by atoms with van der Waals surface area (Å²) in [6.45, 7) is 4.20. The number of benzene rings is 1. The Morgan fingerprint density at radius 2 is 2.00 bits per heavy atom. The second kappa shape index (κ2) is 7.47. The number of hydrogen-bond acceptors (Lipinski definition) is 5. The predicted octanol–water partition coefficient (Wildman–Crippen LogP) is 3.34. The van der Waals surface area contributed by atoms with Crippen molar-refractivity contribution in [1.82, 2.24) is 19.3 Å². The fourth-order valence-corrected chi connectivity index (χ4v) is 3.97. The van der Waals surface area contributed by atoms with Crippen molar-refractivity contribution >= 4 is 0 Å². The van der Waals surface area contributed by atoms with E-state index in [1.165, 1.54) is 0 Å². The normalized spacial score (nSPS) is 15.7. The van der Waals surface area contributed by atoms with E-state index in [1.807, 2.05) is 37.5 Å². The van der Waals surface area contributed by atoms with Crippen molar-refractivity contribution in [3.8, 4) is 17.6 Å². The molecule has 1 aromatic carbocycles. The van der Waals surface area contributed by atoms with Crippen LogP contribution in [0.25, 0.3) is 5.69 Å². The van der Waals surface area contributed by atoms with E-state index in [1.54, 1.807) is 10.9 Å². The molecule has 1 aliphatic rings. The number of nitriles is 1. The zero-order chi connectivity index (χ0) is 20.5. The maximum Gasteiger partial charge on any atom is 0.224 e. The third kappa shape index (κ3) is 3.07. The molecule has 2 N–H and O–H groups in total. The molecule has 1 unspecified atom stereocenters. The van der Waals surface area contributed by atoms with Gasteiger partial charge >= 0.3 is 0 Å². The van der Waals surface area contributed by atoms with Gasteiger partial charge in [-0.05, 0) is 24.1 Å². The molecule has 148 valence electrons. The zero-order valence-electron chi connectivity index (χ0n) is 16.9. The predicted molar refractivity (Wildman–Crippen MR) is 109 cm³/mol. The first kappa shape index (κ1) is 18.8. The summed E-state index contributed by atoms with van der Waals surface area (Å²) in [6.07, 6.45) is 6.39. The van der Waals surface area contributed by atoms with Crippen molar-refractivity contribution in [2.45, 2.75) is 39.0 Å². The van der Waals surface area contributed by atoms with E-state index in [2.05, 4.69) is 34.6 Å². The Balaban J connectivity index is 1.82. The van der Waals surface area contributed by atoms with E-state index < -0.39 is 0 Å². The van der Waals surface area contributed by atoms with E-state index in [-0.39, 0.29) is 11.8 Å². The van der Waals surface area contributed by atoms with Gasteiger partial charge in [-0.1, -0.05) is 32.4 Å². The highest BCUT2D eigenvalue weighted by Crippen LogP contribution is 2.44. The summed E-state index contributed by atoms with van der Waals surface area (Å²) in [5.74, 6) is 1.47. The second-order valence-corrected chi connectivity index (χ2v) is 7.12. The molecule has 0 bridgehead atoms. The van der Waals surface area contributed by atoms with E-state index in [4.69, 9.17) is 10.5 Å². The topological polar surface area (TPSA) is 94.7 Å². The minimum atomic E-state index is -0.290. The lowest BCUT2D eigenvalue weighted by Gasteiger charge is -2.25. The second-order valence-electron chi connectivity index (χ2n) is 7.12. The van der Waals surface area contributed by atoms with Crippen LogP contribution in [-0.4, -0.2) is 19.3 Å². The first-order chi connectivity index (χ1) is 14.1. The lowest BCUT2D eigenvalue weighted by Crippen LogP contribution is -2.22. The van der Waals surface area contributed by atoms with Crippen molar-refractivity contribution in [2.75, 3.05) is 0 Å². The minimum Gasteiger partial charge on any atom is -0.422 e. The largest absolute Gasteiger partial charge is 0.422 e. The van der Waals surface area contributed by atoms with Crippen LogP contribution < -0.4 is 10.5 Å². The highest BCUT2D eigenvalue weighted by Gasteiger charge is 2.35. The molecule has 0 amide bonds. The number of nitrogens with two attached hydrogens (primary N) is 1. The lowest BCUT2D eigenvalue weighted by atomic mass is 9.83. The number of aryl methyl sites for hydroxylation is 3. The van der Waals surface area contributed by atoms with Gasteiger partial charge in [0.1, 0.15) is 17.5 Å². The number of fused-ring (bicyclic) bond motifs is 1. The molecule has 0 radical (unpaired) electrons. The van der Waals surface area contributed by atoms with Crippen LogP contribution in [0.4, 0.5) is 0 Å². The number of allylic oxidation sites excluding steroid dienone is 1. The molecule has 0 aliphatic carbocycles. The summed E-state index contributed by atoms with van der Waals surface area (Å²) in [4.78, 5) is 4.39. The van der Waals surface area contributed by atoms with Gasteiger partial charge < -0.3 is 15.0 Å². The summed E-state index contributed by atoms with van der Waals surface area (Å²) in [5, 5.41) is 14.4. The number of hydrogen-bond donors (Lipinski definition) is 1. The third-order valence-electron chi connectivity index (χ3n) is 5.30. The minimum absolute atomic E-state index is 0.142. The molecule has 1 atom stereocenters. The molecule has 7 heteroatoms. The van der Waals surface area contributed by atoms with Crippen LogP contribution in [0.5, 0.6) is 5.88 Å². The van der Waals surface area contributed by atoms with Crippen LogP contribution in [-0.2, 0) is 19.9 Å². The molecule has 1 aliphatic heterocycles. The molecule has 3 aromatic rings. The fraction of sp³-hybridized carbons (Fsp3) is 0.318. The van der Waals surface area contributed by atoms with Gasteiger partial charge in [0, 0.05) is 31.5 Å². The van der Waals surface area contributed by atoms with Gasteiger partial charge in [0.2, 0.25) is 11.8 Å². The summed E-state index contributed by atoms with van der Waals surface area (Å²) in [7, 11) is 1.84. The van der Waals surface area contributed by atoms with Crippen LogP contribution >= 0.6 is 0 Å². The van der Waals surface area contributed by atoms with E-state index in [0.717, 1.165) is 47.6 Å². The summed E-state index contributed by atoms with van der Waals surface area (Å²) in [5.41, 5.74) is 10.4. The SMILES string of the molecule is CCCc1nn(C)c2c1C(c1ccc(-n3ccnc3CC)cc1)C(C#N)=C(N)O2. The van der Waals surface area contributed by atoms with Gasteiger partial charge in [0.05, 0.1) is 17.2 Å². The first-order valence-corrected chi connectivity index (χ1v) is 9.84. The molecule has 4 rings (SSSR count).